The van der Waals surface area contributed by atoms with Gasteiger partial charge in [-0.05, 0) is 49.4 Å². The monoisotopic (exact) mass is 467 g/mol. The number of nitrogens with two attached hydrogens (primary N) is 1. The number of phenolic OH excluding ortho intramolecular Hbond substituents is 2. The predicted molar refractivity (Wildman–Crippen MR) is 120 cm³/mol. The van der Waals surface area contributed by atoms with Gasteiger partial charge in [0.2, 0.25) is 5.75 Å². The van der Waals surface area contributed by atoms with E-state index in [-0.39, 0.29) is 28.8 Å². The van der Waals surface area contributed by atoms with Crippen LogP contribution < -0.4 is 10.6 Å². The molecule has 0 unspecified atom stereocenters. The first-order valence-corrected chi connectivity index (χ1v) is 11.2. The highest BCUT2D eigenvalue weighted by atomic mass is 32.2. The molecule has 1 aromatic heterocycles. The summed E-state index contributed by atoms with van der Waals surface area (Å²) in [4.78, 5) is -0.0867. The van der Waals surface area contributed by atoms with E-state index in [4.69, 9.17) is 10.6 Å². The van der Waals surface area contributed by atoms with Gasteiger partial charge in [0.15, 0.2) is 11.5 Å². The Labute approximate surface area is 190 Å². The molecule has 4 N–H and O–H groups in total. The van der Waals surface area contributed by atoms with E-state index in [0.717, 1.165) is 16.8 Å². The van der Waals surface area contributed by atoms with Gasteiger partial charge < -0.3 is 14.9 Å². The van der Waals surface area contributed by atoms with Gasteiger partial charge in [-0.15, -0.1) is 0 Å². The maximum Gasteiger partial charge on any atom is 0.312 e. The van der Waals surface area contributed by atoms with Crippen LogP contribution in [0.4, 0.5) is 0 Å². The van der Waals surface area contributed by atoms with Crippen molar-refractivity contribution in [1.82, 2.24) is 9.78 Å². The second kappa shape index (κ2) is 8.94. The van der Waals surface area contributed by atoms with Crippen molar-refractivity contribution in [3.8, 4) is 34.2 Å². The van der Waals surface area contributed by atoms with Crippen molar-refractivity contribution >= 4 is 10.1 Å². The number of rotatable bonds is 7. The highest BCUT2D eigenvalue weighted by Gasteiger charge is 2.17. The summed E-state index contributed by atoms with van der Waals surface area (Å²) in [6.45, 7) is 1.96. The summed E-state index contributed by atoms with van der Waals surface area (Å²) in [5.74, 6) is 4.43. The number of hydrogen-bond donors (Lipinski definition) is 3. The number of aromatic nitrogens is 2. The van der Waals surface area contributed by atoms with Gasteiger partial charge in [0.25, 0.3) is 0 Å². The lowest BCUT2D eigenvalue weighted by Crippen LogP contribution is -2.11. The first-order valence-electron chi connectivity index (χ1n) is 9.82. The molecule has 0 saturated heterocycles. The number of nitrogens with zero attached hydrogens (tertiary/aromatic N) is 2. The van der Waals surface area contributed by atoms with Crippen molar-refractivity contribution in [1.29, 1.82) is 0 Å². The Morgan fingerprint density at radius 1 is 0.970 bits per heavy atom. The Hall–Kier alpha value is -3.86. The Kier molecular flexibility index (Phi) is 6.05. The zero-order valence-electron chi connectivity index (χ0n) is 17.5. The summed E-state index contributed by atoms with van der Waals surface area (Å²) in [5.41, 5.74) is 3.83. The topological polar surface area (TPSA) is 137 Å². The summed E-state index contributed by atoms with van der Waals surface area (Å²) in [6, 6.07) is 19.9. The second-order valence-electron chi connectivity index (χ2n) is 7.26. The molecule has 0 atom stereocenters. The van der Waals surface area contributed by atoms with Gasteiger partial charge in [-0.3, -0.25) is 0 Å². The molecule has 1 heterocycles. The lowest BCUT2D eigenvalue weighted by Gasteiger charge is -2.09. The zero-order valence-corrected chi connectivity index (χ0v) is 18.4. The molecule has 0 bridgehead atoms. The normalized spacial score (nSPS) is 11.5. The fraction of sp³-hybridized carbons (Fsp3) is 0.0870. The van der Waals surface area contributed by atoms with E-state index in [2.05, 4.69) is 9.38 Å². The minimum atomic E-state index is -4.03. The molecule has 0 amide bonds. The highest BCUT2D eigenvalue weighted by Crippen LogP contribution is 2.36. The molecule has 33 heavy (non-hydrogen) atoms. The summed E-state index contributed by atoms with van der Waals surface area (Å²) in [7, 11) is -4.03. The molecular weight excluding hydrogens is 446 g/mol. The molecule has 10 heteroatoms. The summed E-state index contributed by atoms with van der Waals surface area (Å²) >= 11 is 0. The third-order valence-corrected chi connectivity index (χ3v) is 6.04. The van der Waals surface area contributed by atoms with Gasteiger partial charge in [0, 0.05) is 5.56 Å². The number of benzene rings is 3. The lowest BCUT2D eigenvalue weighted by molar-refractivity contribution is 0.269. The Balaban J connectivity index is 1.72. The molecule has 4 rings (SSSR count). The smallest absolute Gasteiger partial charge is 0.312 e. The molecule has 0 fully saturated rings. The fourth-order valence-corrected chi connectivity index (χ4v) is 3.82. The van der Waals surface area contributed by atoms with E-state index in [1.165, 1.54) is 30.3 Å². The maximum atomic E-state index is 11.8. The molecule has 3 aromatic carbocycles. The standard InChI is InChI=1S/C23H21N3O6S/c1-15-5-7-16(8-6-15)20-13-17(14-31-23-21(27)3-2-4-22(23)28)25-26(20)18-9-11-19(12-10-18)33(29,30)32-24/h2-13,27-28H,14,24H2,1H3. The Morgan fingerprint density at radius 2 is 1.61 bits per heavy atom. The first kappa shape index (κ1) is 22.3. The number of para-hydroxylation sites is 1. The van der Waals surface area contributed by atoms with Crippen LogP contribution >= 0.6 is 0 Å². The summed E-state index contributed by atoms with van der Waals surface area (Å²) in [6.07, 6.45) is 0. The number of hydrogen-bond acceptors (Lipinski definition) is 8. The Morgan fingerprint density at radius 3 is 2.21 bits per heavy atom. The number of aromatic hydroxyl groups is 2. The summed E-state index contributed by atoms with van der Waals surface area (Å²) in [5, 5.41) is 24.5. The van der Waals surface area contributed by atoms with Gasteiger partial charge in [-0.2, -0.15) is 23.7 Å². The fourth-order valence-electron chi connectivity index (χ4n) is 3.24. The second-order valence-corrected chi connectivity index (χ2v) is 8.83. The average Bonchev–Trinajstić information content (AvgIpc) is 3.23. The minimum absolute atomic E-state index is 0.0233. The molecule has 9 nitrogen and oxygen atoms in total. The number of phenols is 2. The van der Waals surface area contributed by atoms with Crippen LogP contribution in [0.1, 0.15) is 11.3 Å². The first-order chi connectivity index (χ1) is 15.8. The van der Waals surface area contributed by atoms with E-state index in [0.29, 0.717) is 11.4 Å². The van der Waals surface area contributed by atoms with E-state index in [9.17, 15) is 18.6 Å². The quantitative estimate of drug-likeness (QED) is 0.352. The van der Waals surface area contributed by atoms with Crippen LogP contribution in [0.2, 0.25) is 0 Å². The summed E-state index contributed by atoms with van der Waals surface area (Å²) < 4.78 is 35.0. The SMILES string of the molecule is Cc1ccc(-c2cc(COc3c(O)cccc3O)nn2-c2ccc(S(=O)(=O)ON)cc2)cc1. The third-order valence-electron chi connectivity index (χ3n) is 4.94. The van der Waals surface area contributed by atoms with Gasteiger partial charge in [-0.25, -0.2) is 4.68 Å². The van der Waals surface area contributed by atoms with Crippen LogP contribution in [0.3, 0.4) is 0 Å². The molecule has 0 aliphatic carbocycles. The molecule has 170 valence electrons. The molecular formula is C23H21N3O6S. The van der Waals surface area contributed by atoms with Crippen molar-refractivity contribution in [3.63, 3.8) is 0 Å². The minimum Gasteiger partial charge on any atom is -0.504 e. The van der Waals surface area contributed by atoms with Crippen LogP contribution in [0, 0.1) is 6.92 Å². The van der Waals surface area contributed by atoms with Crippen molar-refractivity contribution < 1.29 is 27.7 Å². The van der Waals surface area contributed by atoms with E-state index < -0.39 is 10.1 Å². The number of aryl methyl sites for hydroxylation is 1. The third kappa shape index (κ3) is 4.67. The van der Waals surface area contributed by atoms with Crippen LogP contribution in [-0.2, 0) is 21.0 Å². The van der Waals surface area contributed by atoms with Crippen LogP contribution in [0.5, 0.6) is 17.2 Å². The highest BCUT2D eigenvalue weighted by molar-refractivity contribution is 7.86. The van der Waals surface area contributed by atoms with Crippen LogP contribution in [0.15, 0.2) is 77.7 Å². The molecule has 0 spiro atoms. The molecule has 0 aliphatic rings. The molecule has 0 aliphatic heterocycles. The molecule has 4 aromatic rings. The Bertz CT molecular complexity index is 1360. The maximum absolute atomic E-state index is 11.8. The van der Waals surface area contributed by atoms with E-state index in [1.807, 2.05) is 37.3 Å². The van der Waals surface area contributed by atoms with Gasteiger partial charge in [0.1, 0.15) is 12.3 Å². The van der Waals surface area contributed by atoms with E-state index in [1.54, 1.807) is 16.8 Å². The van der Waals surface area contributed by atoms with E-state index >= 15 is 0 Å². The van der Waals surface area contributed by atoms with Crippen LogP contribution in [-0.4, -0.2) is 28.4 Å². The number of ether oxygens (including phenoxy) is 1. The lowest BCUT2D eigenvalue weighted by atomic mass is 10.1. The van der Waals surface area contributed by atoms with Gasteiger partial charge in [0.05, 0.1) is 16.3 Å². The van der Waals surface area contributed by atoms with Crippen LogP contribution in [0.25, 0.3) is 16.9 Å². The molecule has 0 saturated carbocycles. The average molecular weight is 468 g/mol. The largest absolute Gasteiger partial charge is 0.504 e. The van der Waals surface area contributed by atoms with Gasteiger partial charge in [-0.1, -0.05) is 35.9 Å². The zero-order chi connectivity index (χ0) is 23.6. The predicted octanol–water partition coefficient (Wildman–Crippen LogP) is 3.42. The van der Waals surface area contributed by atoms with Crippen molar-refractivity contribution in [3.05, 3.63) is 84.1 Å². The molecule has 0 radical (unpaired) electrons. The van der Waals surface area contributed by atoms with Gasteiger partial charge >= 0.3 is 10.1 Å². The van der Waals surface area contributed by atoms with Crippen molar-refractivity contribution in [2.45, 2.75) is 18.4 Å². The van der Waals surface area contributed by atoms with Crippen molar-refractivity contribution in [2.24, 2.45) is 5.90 Å². The van der Waals surface area contributed by atoms with Crippen molar-refractivity contribution in [2.75, 3.05) is 0 Å².